The molecule has 2 rings (SSSR count). The number of ether oxygens (including phenoxy) is 1. The lowest BCUT2D eigenvalue weighted by molar-refractivity contribution is -0.139. The van der Waals surface area contributed by atoms with Crippen LogP contribution in [0.15, 0.2) is 24.2 Å². The highest BCUT2D eigenvalue weighted by atomic mass is 16.5. The number of likely N-dealkylation sites (N-methyl/N-ethyl adjacent to an activating group) is 1. The molecule has 1 aromatic heterocycles. The Bertz CT molecular complexity index is 452. The molecule has 92 valence electrons. The highest BCUT2D eigenvalue weighted by molar-refractivity contribution is 5.88. The van der Waals surface area contributed by atoms with Crippen LogP contribution in [-0.4, -0.2) is 34.2 Å². The second-order valence-corrected chi connectivity index (χ2v) is 3.86. The summed E-state index contributed by atoms with van der Waals surface area (Å²) < 4.78 is 6.87. The van der Waals surface area contributed by atoms with E-state index in [2.05, 4.69) is 10.4 Å². The zero-order valence-corrected chi connectivity index (χ0v) is 10.2. The van der Waals surface area contributed by atoms with E-state index in [0.717, 1.165) is 5.82 Å². The second kappa shape index (κ2) is 4.58. The van der Waals surface area contributed by atoms with E-state index in [1.54, 1.807) is 13.1 Å². The van der Waals surface area contributed by atoms with Gasteiger partial charge in [0, 0.05) is 26.5 Å². The Morgan fingerprint density at radius 1 is 1.59 bits per heavy atom. The monoisotopic (exact) mass is 236 g/mol. The number of imidazole rings is 1. The second-order valence-electron chi connectivity index (χ2n) is 3.86. The van der Waals surface area contributed by atoms with Gasteiger partial charge in [-0.2, -0.15) is 0 Å². The molecular weight excluding hydrogens is 220 g/mol. The number of hydrazine groups is 1. The van der Waals surface area contributed by atoms with E-state index in [4.69, 9.17) is 4.74 Å². The first kappa shape index (κ1) is 11.7. The number of rotatable bonds is 3. The normalized spacial score (nSPS) is 19.9. The topological polar surface area (TPSA) is 59.4 Å². The van der Waals surface area contributed by atoms with Crippen LogP contribution in [0.3, 0.4) is 0 Å². The first-order chi connectivity index (χ1) is 8.13. The van der Waals surface area contributed by atoms with E-state index < -0.39 is 0 Å². The fraction of sp³-hybridized carbons (Fsp3) is 0.455. The van der Waals surface area contributed by atoms with Crippen molar-refractivity contribution in [1.29, 1.82) is 0 Å². The predicted octanol–water partition coefficient (Wildman–Crippen LogP) is 0.358. The summed E-state index contributed by atoms with van der Waals surface area (Å²) in [5.41, 5.74) is 3.43. The molecule has 1 aliphatic rings. The average molecular weight is 236 g/mol. The van der Waals surface area contributed by atoms with Crippen molar-refractivity contribution in [2.24, 2.45) is 7.05 Å². The molecule has 0 aliphatic carbocycles. The number of nitrogens with zero attached hydrogens (tertiary/aromatic N) is 3. The number of nitrogens with one attached hydrogen (secondary N) is 1. The molecule has 6 heteroatoms. The smallest absolute Gasteiger partial charge is 0.355 e. The van der Waals surface area contributed by atoms with E-state index in [-0.39, 0.29) is 12.0 Å². The Morgan fingerprint density at radius 3 is 2.94 bits per heavy atom. The molecular formula is C11H16N4O2. The quantitative estimate of drug-likeness (QED) is 0.768. The Balaban J connectivity index is 2.20. The highest BCUT2D eigenvalue weighted by Gasteiger charge is 2.29. The molecule has 1 aliphatic heterocycles. The van der Waals surface area contributed by atoms with Crippen LogP contribution in [0.4, 0.5) is 0 Å². The lowest BCUT2D eigenvalue weighted by Crippen LogP contribution is -2.33. The van der Waals surface area contributed by atoms with Gasteiger partial charge in [0.05, 0.1) is 6.61 Å². The summed E-state index contributed by atoms with van der Waals surface area (Å²) in [6.45, 7) is 2.15. The molecule has 1 unspecified atom stereocenters. The minimum absolute atomic E-state index is 0.0607. The molecule has 0 aromatic carbocycles. The maximum absolute atomic E-state index is 11.6. The van der Waals surface area contributed by atoms with E-state index >= 15 is 0 Å². The number of aryl methyl sites for hydroxylation is 1. The summed E-state index contributed by atoms with van der Waals surface area (Å²) in [5.74, 6) is 0.537. The molecule has 2 heterocycles. The fourth-order valence-electron chi connectivity index (χ4n) is 1.80. The maximum atomic E-state index is 11.6. The standard InChI is InChI=1S/C11H16N4O2/c1-4-17-11(16)8-7-9(15(3)13-8)10-12-5-6-14(10)2/h5-7,9,13H,4H2,1-3H3. The third-order valence-corrected chi connectivity index (χ3v) is 2.66. The fourth-order valence-corrected chi connectivity index (χ4v) is 1.80. The highest BCUT2D eigenvalue weighted by Crippen LogP contribution is 2.24. The van der Waals surface area contributed by atoms with Crippen molar-refractivity contribution in [3.8, 4) is 0 Å². The van der Waals surface area contributed by atoms with Crippen molar-refractivity contribution in [3.63, 3.8) is 0 Å². The third-order valence-electron chi connectivity index (χ3n) is 2.66. The average Bonchev–Trinajstić information content (AvgIpc) is 2.85. The molecule has 0 amide bonds. The summed E-state index contributed by atoms with van der Waals surface area (Å²) in [6.07, 6.45) is 5.43. The van der Waals surface area contributed by atoms with E-state index in [9.17, 15) is 4.79 Å². The SMILES string of the molecule is CCOC(=O)C1=CC(c2nccn2C)N(C)N1. The summed E-state index contributed by atoms with van der Waals surface area (Å²) in [6, 6.07) is -0.0607. The first-order valence-corrected chi connectivity index (χ1v) is 5.49. The van der Waals surface area contributed by atoms with Crippen molar-refractivity contribution in [2.45, 2.75) is 13.0 Å². The molecule has 0 fully saturated rings. The van der Waals surface area contributed by atoms with Crippen LogP contribution in [-0.2, 0) is 16.6 Å². The predicted molar refractivity (Wildman–Crippen MR) is 61.6 cm³/mol. The van der Waals surface area contributed by atoms with Gasteiger partial charge in [-0.25, -0.2) is 14.8 Å². The first-order valence-electron chi connectivity index (χ1n) is 5.49. The minimum atomic E-state index is -0.337. The molecule has 0 radical (unpaired) electrons. The van der Waals surface area contributed by atoms with Crippen molar-refractivity contribution < 1.29 is 9.53 Å². The van der Waals surface area contributed by atoms with Crippen molar-refractivity contribution >= 4 is 5.97 Å². The third kappa shape index (κ3) is 2.16. The van der Waals surface area contributed by atoms with Crippen LogP contribution in [0.1, 0.15) is 18.8 Å². The zero-order chi connectivity index (χ0) is 12.4. The molecule has 0 bridgehead atoms. The Labute approximate surface area is 99.8 Å². The van der Waals surface area contributed by atoms with Crippen molar-refractivity contribution in [3.05, 3.63) is 30.0 Å². The molecule has 6 nitrogen and oxygen atoms in total. The lowest BCUT2D eigenvalue weighted by atomic mass is 10.2. The number of hydrogen-bond donors (Lipinski definition) is 1. The Kier molecular flexibility index (Phi) is 3.14. The van der Waals surface area contributed by atoms with Gasteiger partial charge < -0.3 is 14.7 Å². The number of carbonyl (C=O) groups is 1. The molecule has 0 saturated heterocycles. The van der Waals surface area contributed by atoms with Gasteiger partial charge in [-0.1, -0.05) is 0 Å². The van der Waals surface area contributed by atoms with Crippen LogP contribution >= 0.6 is 0 Å². The van der Waals surface area contributed by atoms with Crippen LogP contribution in [0.25, 0.3) is 0 Å². The Hall–Kier alpha value is -1.82. The van der Waals surface area contributed by atoms with Crippen LogP contribution < -0.4 is 5.43 Å². The molecule has 0 saturated carbocycles. The summed E-state index contributed by atoms with van der Waals surface area (Å²) in [5, 5.41) is 1.83. The number of carbonyl (C=O) groups excluding carboxylic acids is 1. The minimum Gasteiger partial charge on any atom is -0.461 e. The van der Waals surface area contributed by atoms with Gasteiger partial charge in [-0.05, 0) is 13.0 Å². The van der Waals surface area contributed by atoms with Gasteiger partial charge in [-0.15, -0.1) is 0 Å². The molecule has 17 heavy (non-hydrogen) atoms. The van der Waals surface area contributed by atoms with Gasteiger partial charge in [0.25, 0.3) is 0 Å². The van der Waals surface area contributed by atoms with Crippen LogP contribution in [0, 0.1) is 0 Å². The van der Waals surface area contributed by atoms with E-state index in [0.29, 0.717) is 12.3 Å². The van der Waals surface area contributed by atoms with Gasteiger partial charge >= 0.3 is 5.97 Å². The summed E-state index contributed by atoms with van der Waals surface area (Å²) in [7, 11) is 3.79. The maximum Gasteiger partial charge on any atom is 0.355 e. The number of aromatic nitrogens is 2. The molecule has 1 atom stereocenters. The van der Waals surface area contributed by atoms with Crippen LogP contribution in [0.5, 0.6) is 0 Å². The number of esters is 1. The Morgan fingerprint density at radius 2 is 2.35 bits per heavy atom. The molecule has 1 aromatic rings. The summed E-state index contributed by atoms with van der Waals surface area (Å²) >= 11 is 0. The van der Waals surface area contributed by atoms with Crippen molar-refractivity contribution in [1.82, 2.24) is 20.0 Å². The van der Waals surface area contributed by atoms with Gasteiger partial charge in [0.15, 0.2) is 0 Å². The molecule has 0 spiro atoms. The zero-order valence-electron chi connectivity index (χ0n) is 10.2. The van der Waals surface area contributed by atoms with Gasteiger partial charge in [0.1, 0.15) is 17.6 Å². The number of hydrogen-bond acceptors (Lipinski definition) is 5. The van der Waals surface area contributed by atoms with Gasteiger partial charge in [0.2, 0.25) is 0 Å². The lowest BCUT2D eigenvalue weighted by Gasteiger charge is -2.19. The van der Waals surface area contributed by atoms with Gasteiger partial charge in [-0.3, -0.25) is 0 Å². The van der Waals surface area contributed by atoms with Crippen molar-refractivity contribution in [2.75, 3.05) is 13.7 Å². The van der Waals surface area contributed by atoms with E-state index in [1.807, 2.05) is 35.9 Å². The molecule has 1 N–H and O–H groups in total. The largest absolute Gasteiger partial charge is 0.461 e. The van der Waals surface area contributed by atoms with E-state index in [1.165, 1.54) is 0 Å². The summed E-state index contributed by atoms with van der Waals surface area (Å²) in [4.78, 5) is 15.9. The van der Waals surface area contributed by atoms with Crippen LogP contribution in [0.2, 0.25) is 0 Å².